The second-order valence-electron chi connectivity index (χ2n) is 5.74. The van der Waals surface area contributed by atoms with Gasteiger partial charge in [0.1, 0.15) is 11.8 Å². The quantitative estimate of drug-likeness (QED) is 0.767. The van der Waals surface area contributed by atoms with Crippen molar-refractivity contribution in [3.8, 4) is 5.75 Å². The molecule has 1 aliphatic rings. The van der Waals surface area contributed by atoms with Gasteiger partial charge in [0, 0.05) is 0 Å². The number of anilines is 2. The highest BCUT2D eigenvalue weighted by molar-refractivity contribution is 6.11. The van der Waals surface area contributed by atoms with Crippen molar-refractivity contribution in [2.75, 3.05) is 17.2 Å². The molecule has 0 saturated carbocycles. The van der Waals surface area contributed by atoms with E-state index in [0.29, 0.717) is 29.3 Å². The van der Waals surface area contributed by atoms with Gasteiger partial charge in [-0.15, -0.1) is 0 Å². The molecular formula is C19H19N3O4. The Labute approximate surface area is 150 Å². The van der Waals surface area contributed by atoms with Gasteiger partial charge in [-0.05, 0) is 31.2 Å². The third kappa shape index (κ3) is 3.83. The van der Waals surface area contributed by atoms with Crippen LogP contribution in [0.5, 0.6) is 5.75 Å². The molecule has 0 bridgehead atoms. The molecule has 0 saturated heterocycles. The van der Waals surface area contributed by atoms with Crippen molar-refractivity contribution in [3.63, 3.8) is 0 Å². The van der Waals surface area contributed by atoms with Crippen LogP contribution < -0.4 is 20.7 Å². The van der Waals surface area contributed by atoms with Crippen LogP contribution in [0.25, 0.3) is 0 Å². The van der Waals surface area contributed by atoms with Gasteiger partial charge in [-0.1, -0.05) is 24.3 Å². The van der Waals surface area contributed by atoms with E-state index >= 15 is 0 Å². The predicted molar refractivity (Wildman–Crippen MR) is 97.2 cm³/mol. The molecule has 1 atom stereocenters. The van der Waals surface area contributed by atoms with E-state index in [0.717, 1.165) is 0 Å². The molecular weight excluding hydrogens is 334 g/mol. The normalized spacial score (nSPS) is 16.0. The first-order valence-corrected chi connectivity index (χ1v) is 8.31. The third-order valence-corrected chi connectivity index (χ3v) is 3.90. The van der Waals surface area contributed by atoms with E-state index in [1.807, 2.05) is 6.92 Å². The second-order valence-corrected chi connectivity index (χ2v) is 5.74. The van der Waals surface area contributed by atoms with E-state index < -0.39 is 23.8 Å². The van der Waals surface area contributed by atoms with Crippen LogP contribution in [-0.2, 0) is 9.59 Å². The van der Waals surface area contributed by atoms with Gasteiger partial charge >= 0.3 is 0 Å². The number of nitrogens with one attached hydrogen (secondary N) is 3. The molecule has 134 valence electrons. The number of ether oxygens (including phenoxy) is 1. The van der Waals surface area contributed by atoms with E-state index in [4.69, 9.17) is 4.74 Å². The molecule has 3 N–H and O–H groups in total. The lowest BCUT2D eigenvalue weighted by atomic mass is 10.1. The van der Waals surface area contributed by atoms with Gasteiger partial charge < -0.3 is 20.7 Å². The lowest BCUT2D eigenvalue weighted by Gasteiger charge is -2.15. The Morgan fingerprint density at radius 3 is 2.65 bits per heavy atom. The molecule has 26 heavy (non-hydrogen) atoms. The minimum Gasteiger partial charge on any atom is -0.492 e. The molecule has 3 amide bonds. The zero-order valence-electron chi connectivity index (χ0n) is 14.2. The smallest absolute Gasteiger partial charge is 0.254 e. The highest BCUT2D eigenvalue weighted by atomic mass is 16.5. The monoisotopic (exact) mass is 353 g/mol. The molecule has 0 aliphatic carbocycles. The maximum Gasteiger partial charge on any atom is 0.254 e. The van der Waals surface area contributed by atoms with Crippen molar-refractivity contribution in [3.05, 3.63) is 54.1 Å². The molecule has 1 heterocycles. The van der Waals surface area contributed by atoms with Gasteiger partial charge in [-0.25, -0.2) is 0 Å². The maximum atomic E-state index is 12.4. The topological polar surface area (TPSA) is 96.5 Å². The molecule has 0 radical (unpaired) electrons. The Morgan fingerprint density at radius 1 is 1.12 bits per heavy atom. The lowest BCUT2D eigenvalue weighted by molar-refractivity contribution is -0.122. The first-order valence-electron chi connectivity index (χ1n) is 8.31. The van der Waals surface area contributed by atoms with Gasteiger partial charge in [0.15, 0.2) is 0 Å². The van der Waals surface area contributed by atoms with Crippen molar-refractivity contribution in [1.82, 2.24) is 5.32 Å². The fourth-order valence-corrected chi connectivity index (χ4v) is 2.69. The van der Waals surface area contributed by atoms with E-state index in [9.17, 15) is 14.4 Å². The fraction of sp³-hybridized carbons (Fsp3) is 0.211. The summed E-state index contributed by atoms with van der Waals surface area (Å²) in [6.07, 6.45) is -0.188. The molecule has 3 rings (SSSR count). The number of amides is 3. The first-order chi connectivity index (χ1) is 12.6. The van der Waals surface area contributed by atoms with Crippen molar-refractivity contribution < 1.29 is 19.1 Å². The van der Waals surface area contributed by atoms with Crippen molar-refractivity contribution >= 4 is 29.1 Å². The maximum absolute atomic E-state index is 12.4. The van der Waals surface area contributed by atoms with E-state index in [-0.39, 0.29) is 6.42 Å². The largest absolute Gasteiger partial charge is 0.492 e. The number of rotatable bonds is 5. The number of hydrogen-bond donors (Lipinski definition) is 3. The Bertz CT molecular complexity index is 850. The summed E-state index contributed by atoms with van der Waals surface area (Å²) in [4.78, 5) is 37.0. The minimum absolute atomic E-state index is 0.188. The summed E-state index contributed by atoms with van der Waals surface area (Å²) in [6, 6.07) is 12.8. The van der Waals surface area contributed by atoms with Crippen LogP contribution in [0.1, 0.15) is 23.7 Å². The summed E-state index contributed by atoms with van der Waals surface area (Å²) < 4.78 is 5.46. The molecule has 0 spiro atoms. The molecule has 2 aromatic rings. The van der Waals surface area contributed by atoms with Crippen molar-refractivity contribution in [2.24, 2.45) is 0 Å². The van der Waals surface area contributed by atoms with Crippen molar-refractivity contribution in [2.45, 2.75) is 19.4 Å². The summed E-state index contributed by atoms with van der Waals surface area (Å²) in [5.41, 5.74) is 1.31. The average Bonchev–Trinajstić information content (AvgIpc) is 2.74. The van der Waals surface area contributed by atoms with Crippen LogP contribution in [0.4, 0.5) is 11.4 Å². The number of fused-ring (bicyclic) bond motifs is 1. The van der Waals surface area contributed by atoms with E-state index in [1.165, 1.54) is 0 Å². The van der Waals surface area contributed by atoms with Crippen LogP contribution in [0.3, 0.4) is 0 Å². The van der Waals surface area contributed by atoms with Gasteiger partial charge in [0.05, 0.1) is 30.0 Å². The minimum atomic E-state index is -0.964. The second kappa shape index (κ2) is 7.69. The molecule has 7 heteroatoms. The fourth-order valence-electron chi connectivity index (χ4n) is 2.69. The molecule has 0 aromatic heterocycles. The van der Waals surface area contributed by atoms with Crippen LogP contribution in [-0.4, -0.2) is 30.4 Å². The molecule has 1 aliphatic heterocycles. The zero-order valence-corrected chi connectivity index (χ0v) is 14.2. The first kappa shape index (κ1) is 17.5. The number of para-hydroxylation sites is 3. The van der Waals surface area contributed by atoms with E-state index in [1.54, 1.807) is 48.5 Å². The summed E-state index contributed by atoms with van der Waals surface area (Å²) in [5.74, 6) is -0.684. The SMILES string of the molecule is CCOc1ccccc1NC(=O)C[C@@H]1NC(=O)c2ccccc2NC1=O. The lowest BCUT2D eigenvalue weighted by Crippen LogP contribution is -2.43. The predicted octanol–water partition coefficient (Wildman–Crippen LogP) is 2.16. The van der Waals surface area contributed by atoms with Crippen molar-refractivity contribution in [1.29, 1.82) is 0 Å². The molecule has 7 nitrogen and oxygen atoms in total. The Kier molecular flexibility index (Phi) is 5.17. The van der Waals surface area contributed by atoms with Crippen LogP contribution in [0.15, 0.2) is 48.5 Å². The third-order valence-electron chi connectivity index (χ3n) is 3.90. The van der Waals surface area contributed by atoms with Gasteiger partial charge in [0.25, 0.3) is 5.91 Å². The van der Waals surface area contributed by atoms with E-state index in [2.05, 4.69) is 16.0 Å². The number of hydrogen-bond acceptors (Lipinski definition) is 4. The zero-order chi connectivity index (χ0) is 18.5. The van der Waals surface area contributed by atoms with Crippen LogP contribution >= 0.6 is 0 Å². The number of carbonyl (C=O) groups excluding carboxylic acids is 3. The molecule has 2 aromatic carbocycles. The Hall–Kier alpha value is -3.35. The summed E-state index contributed by atoms with van der Waals surface area (Å²) >= 11 is 0. The molecule has 0 unspecified atom stereocenters. The highest BCUT2D eigenvalue weighted by Gasteiger charge is 2.29. The van der Waals surface area contributed by atoms with Gasteiger partial charge in [-0.3, -0.25) is 14.4 Å². The van der Waals surface area contributed by atoms with Gasteiger partial charge in [0.2, 0.25) is 11.8 Å². The van der Waals surface area contributed by atoms with Gasteiger partial charge in [-0.2, -0.15) is 0 Å². The Balaban J connectivity index is 1.70. The number of carbonyl (C=O) groups is 3. The molecule has 0 fully saturated rings. The summed E-state index contributed by atoms with van der Waals surface area (Å²) in [6.45, 7) is 2.31. The standard InChI is InChI=1S/C19H19N3O4/c1-2-26-16-10-6-5-9-14(16)20-17(23)11-15-19(25)21-13-8-4-3-7-12(13)18(24)22-15/h3-10,15H,2,11H2,1H3,(H,20,23)(H,21,25)(H,22,24)/t15-/m0/s1. The summed E-state index contributed by atoms with van der Waals surface area (Å²) in [5, 5.41) is 8.00. The number of benzene rings is 2. The van der Waals surface area contributed by atoms with Crippen LogP contribution in [0.2, 0.25) is 0 Å². The Morgan fingerprint density at radius 2 is 1.85 bits per heavy atom. The highest BCUT2D eigenvalue weighted by Crippen LogP contribution is 2.24. The van der Waals surface area contributed by atoms with Crippen LogP contribution in [0, 0.1) is 0 Å². The summed E-state index contributed by atoms with van der Waals surface area (Å²) in [7, 11) is 0. The average molecular weight is 353 g/mol.